The quantitative estimate of drug-likeness (QED) is 0.870. The number of rotatable bonds is 6. The summed E-state index contributed by atoms with van der Waals surface area (Å²) in [6.45, 7) is 5.20. The van der Waals surface area contributed by atoms with Crippen molar-refractivity contribution in [1.82, 2.24) is 14.5 Å². The SMILES string of the molecule is CCCn1ccnc1CC(N)Cc1csc(C)n1. The predicted molar refractivity (Wildman–Crippen MR) is 74.8 cm³/mol. The summed E-state index contributed by atoms with van der Waals surface area (Å²) in [5, 5.41) is 3.19. The van der Waals surface area contributed by atoms with Crippen LogP contribution >= 0.6 is 11.3 Å². The average Bonchev–Trinajstić information content (AvgIpc) is 2.90. The monoisotopic (exact) mass is 264 g/mol. The summed E-state index contributed by atoms with van der Waals surface area (Å²) in [5.41, 5.74) is 7.28. The first kappa shape index (κ1) is 13.2. The van der Waals surface area contributed by atoms with Crippen LogP contribution in [0.25, 0.3) is 0 Å². The molecule has 18 heavy (non-hydrogen) atoms. The van der Waals surface area contributed by atoms with Crippen LogP contribution in [0, 0.1) is 6.92 Å². The van der Waals surface area contributed by atoms with Crippen LogP contribution in [0.4, 0.5) is 0 Å². The standard InChI is InChI=1S/C13H20N4S/c1-3-5-17-6-4-15-13(17)8-11(14)7-12-9-18-10(2)16-12/h4,6,9,11H,3,5,7-8,14H2,1-2H3. The van der Waals surface area contributed by atoms with Gasteiger partial charge < -0.3 is 10.3 Å². The third-order valence-electron chi connectivity index (χ3n) is 2.85. The second kappa shape index (κ2) is 6.11. The lowest BCUT2D eigenvalue weighted by molar-refractivity contribution is 0.579. The van der Waals surface area contributed by atoms with Gasteiger partial charge in [-0.05, 0) is 13.3 Å². The highest BCUT2D eigenvalue weighted by Crippen LogP contribution is 2.11. The summed E-state index contributed by atoms with van der Waals surface area (Å²) in [7, 11) is 0. The first-order valence-corrected chi connectivity index (χ1v) is 7.23. The van der Waals surface area contributed by atoms with Crippen molar-refractivity contribution in [2.75, 3.05) is 0 Å². The van der Waals surface area contributed by atoms with Crippen molar-refractivity contribution in [1.29, 1.82) is 0 Å². The van der Waals surface area contributed by atoms with Gasteiger partial charge >= 0.3 is 0 Å². The van der Waals surface area contributed by atoms with E-state index in [4.69, 9.17) is 5.73 Å². The van der Waals surface area contributed by atoms with E-state index >= 15 is 0 Å². The zero-order valence-corrected chi connectivity index (χ0v) is 11.8. The number of nitrogens with zero attached hydrogens (tertiary/aromatic N) is 3. The summed E-state index contributed by atoms with van der Waals surface area (Å²) in [5.74, 6) is 1.08. The molecule has 2 heterocycles. The molecule has 98 valence electrons. The van der Waals surface area contributed by atoms with Gasteiger partial charge in [0.05, 0.1) is 10.7 Å². The summed E-state index contributed by atoms with van der Waals surface area (Å²) in [4.78, 5) is 8.84. The Labute approximate surface area is 112 Å². The molecule has 4 nitrogen and oxygen atoms in total. The molecule has 2 aromatic rings. The maximum absolute atomic E-state index is 6.18. The van der Waals surface area contributed by atoms with E-state index in [9.17, 15) is 0 Å². The van der Waals surface area contributed by atoms with Crippen molar-refractivity contribution in [3.8, 4) is 0 Å². The number of hydrogen-bond donors (Lipinski definition) is 1. The van der Waals surface area contributed by atoms with Crippen LogP contribution in [0.2, 0.25) is 0 Å². The van der Waals surface area contributed by atoms with Gasteiger partial charge in [-0.2, -0.15) is 0 Å². The second-order valence-corrected chi connectivity index (χ2v) is 5.63. The molecule has 1 unspecified atom stereocenters. The van der Waals surface area contributed by atoms with Crippen molar-refractivity contribution >= 4 is 11.3 Å². The fourth-order valence-electron chi connectivity index (χ4n) is 2.05. The topological polar surface area (TPSA) is 56.7 Å². The van der Waals surface area contributed by atoms with Crippen molar-refractivity contribution in [2.24, 2.45) is 5.73 Å². The number of hydrogen-bond acceptors (Lipinski definition) is 4. The molecule has 0 bridgehead atoms. The van der Waals surface area contributed by atoms with E-state index in [0.29, 0.717) is 0 Å². The summed E-state index contributed by atoms with van der Waals surface area (Å²) >= 11 is 1.68. The molecule has 0 saturated heterocycles. The molecule has 0 radical (unpaired) electrons. The summed E-state index contributed by atoms with van der Waals surface area (Å²) < 4.78 is 2.19. The first-order valence-electron chi connectivity index (χ1n) is 6.35. The van der Waals surface area contributed by atoms with Crippen molar-refractivity contribution in [2.45, 2.75) is 45.7 Å². The minimum absolute atomic E-state index is 0.0875. The Balaban J connectivity index is 1.94. The number of nitrogens with two attached hydrogens (primary N) is 1. The molecular formula is C13H20N4S. The van der Waals surface area contributed by atoms with Gasteiger partial charge in [0.25, 0.3) is 0 Å². The van der Waals surface area contributed by atoms with Gasteiger partial charge in [-0.3, -0.25) is 0 Å². The van der Waals surface area contributed by atoms with E-state index in [1.165, 1.54) is 0 Å². The second-order valence-electron chi connectivity index (χ2n) is 4.56. The molecule has 0 fully saturated rings. The highest BCUT2D eigenvalue weighted by atomic mass is 32.1. The fraction of sp³-hybridized carbons (Fsp3) is 0.538. The minimum atomic E-state index is 0.0875. The molecular weight excluding hydrogens is 244 g/mol. The maximum atomic E-state index is 6.18. The van der Waals surface area contributed by atoms with E-state index in [0.717, 1.165) is 42.3 Å². The lowest BCUT2D eigenvalue weighted by Gasteiger charge is -2.11. The zero-order chi connectivity index (χ0) is 13.0. The van der Waals surface area contributed by atoms with E-state index in [1.54, 1.807) is 11.3 Å². The minimum Gasteiger partial charge on any atom is -0.335 e. The zero-order valence-electron chi connectivity index (χ0n) is 11.0. The van der Waals surface area contributed by atoms with Crippen LogP contribution < -0.4 is 5.73 Å². The smallest absolute Gasteiger partial charge is 0.110 e. The molecule has 2 rings (SSSR count). The predicted octanol–water partition coefficient (Wildman–Crippen LogP) is 2.17. The van der Waals surface area contributed by atoms with E-state index in [-0.39, 0.29) is 6.04 Å². The highest BCUT2D eigenvalue weighted by Gasteiger charge is 2.11. The Morgan fingerprint density at radius 2 is 2.28 bits per heavy atom. The van der Waals surface area contributed by atoms with Crippen molar-refractivity contribution < 1.29 is 0 Å². The Hall–Kier alpha value is -1.20. The van der Waals surface area contributed by atoms with Gasteiger partial charge in [0.1, 0.15) is 5.82 Å². The number of imidazole rings is 1. The van der Waals surface area contributed by atoms with Gasteiger partial charge in [0.2, 0.25) is 0 Å². The molecule has 0 aromatic carbocycles. The molecule has 0 amide bonds. The Bertz CT molecular complexity index is 489. The van der Waals surface area contributed by atoms with Gasteiger partial charge in [0, 0.05) is 43.2 Å². The Morgan fingerprint density at radius 1 is 1.44 bits per heavy atom. The Kier molecular flexibility index (Phi) is 4.49. The molecule has 2 aromatic heterocycles. The van der Waals surface area contributed by atoms with Crippen molar-refractivity contribution in [3.05, 3.63) is 34.3 Å². The van der Waals surface area contributed by atoms with Crippen LogP contribution in [0.5, 0.6) is 0 Å². The van der Waals surface area contributed by atoms with Gasteiger partial charge in [-0.1, -0.05) is 6.92 Å². The molecule has 0 spiro atoms. The lowest BCUT2D eigenvalue weighted by Crippen LogP contribution is -2.27. The third-order valence-corrected chi connectivity index (χ3v) is 3.67. The number of aryl methyl sites for hydroxylation is 2. The van der Waals surface area contributed by atoms with Gasteiger partial charge in [-0.25, -0.2) is 9.97 Å². The van der Waals surface area contributed by atoms with Crippen LogP contribution in [0.1, 0.15) is 29.9 Å². The molecule has 0 saturated carbocycles. The van der Waals surface area contributed by atoms with Crippen LogP contribution in [-0.2, 0) is 19.4 Å². The van der Waals surface area contributed by atoms with E-state index < -0.39 is 0 Å². The van der Waals surface area contributed by atoms with E-state index in [1.807, 2.05) is 19.3 Å². The van der Waals surface area contributed by atoms with E-state index in [2.05, 4.69) is 26.8 Å². The maximum Gasteiger partial charge on any atom is 0.110 e. The van der Waals surface area contributed by atoms with Gasteiger partial charge in [0.15, 0.2) is 0 Å². The van der Waals surface area contributed by atoms with Gasteiger partial charge in [-0.15, -0.1) is 11.3 Å². The molecule has 0 aliphatic rings. The molecule has 5 heteroatoms. The number of aromatic nitrogens is 3. The molecule has 0 aliphatic heterocycles. The van der Waals surface area contributed by atoms with Crippen LogP contribution in [0.3, 0.4) is 0 Å². The lowest BCUT2D eigenvalue weighted by atomic mass is 10.1. The van der Waals surface area contributed by atoms with Crippen molar-refractivity contribution in [3.63, 3.8) is 0 Å². The third kappa shape index (κ3) is 3.40. The normalized spacial score (nSPS) is 12.8. The number of thiazole rings is 1. The highest BCUT2D eigenvalue weighted by molar-refractivity contribution is 7.09. The molecule has 0 aliphatic carbocycles. The molecule has 2 N–H and O–H groups in total. The van der Waals surface area contributed by atoms with Crippen LogP contribution in [0.15, 0.2) is 17.8 Å². The first-order chi connectivity index (χ1) is 8.69. The van der Waals surface area contributed by atoms with Crippen LogP contribution in [-0.4, -0.2) is 20.6 Å². The Morgan fingerprint density at radius 3 is 2.94 bits per heavy atom. The molecule has 1 atom stereocenters. The fourth-order valence-corrected chi connectivity index (χ4v) is 2.68. The summed E-state index contributed by atoms with van der Waals surface area (Å²) in [6.07, 6.45) is 6.63. The summed E-state index contributed by atoms with van der Waals surface area (Å²) in [6, 6.07) is 0.0875. The average molecular weight is 264 g/mol. The largest absolute Gasteiger partial charge is 0.335 e.